The molecule has 3 N–H and O–H groups in total. The lowest BCUT2D eigenvalue weighted by molar-refractivity contribution is -0.0943. The zero-order chi connectivity index (χ0) is 19.7. The van der Waals surface area contributed by atoms with E-state index in [0.717, 1.165) is 11.1 Å². The third-order valence-corrected chi connectivity index (χ3v) is 5.37. The van der Waals surface area contributed by atoms with E-state index >= 15 is 0 Å². The maximum Gasteiger partial charge on any atom is 0.133 e. The van der Waals surface area contributed by atoms with Gasteiger partial charge in [0, 0.05) is 43.4 Å². The first-order valence-electron chi connectivity index (χ1n) is 9.54. The van der Waals surface area contributed by atoms with Crippen molar-refractivity contribution in [3.8, 4) is 6.07 Å². The Kier molecular flexibility index (Phi) is 5.42. The molecule has 1 aromatic carbocycles. The Labute approximate surface area is 163 Å². The zero-order valence-corrected chi connectivity index (χ0v) is 15.7. The molecule has 0 aliphatic carbocycles. The number of pyridine rings is 1. The average molecular weight is 385 g/mol. The fourth-order valence-electron chi connectivity index (χ4n) is 4.02. The van der Waals surface area contributed by atoms with Gasteiger partial charge >= 0.3 is 0 Å². The molecule has 1 unspecified atom stereocenters. The minimum absolute atomic E-state index is 0.111. The molecular formula is C20H24FN5O2. The lowest BCUT2D eigenvalue weighted by atomic mass is 10.1. The number of halogens is 1. The van der Waals surface area contributed by atoms with Gasteiger partial charge in [-0.25, -0.2) is 4.39 Å². The zero-order valence-electron chi connectivity index (χ0n) is 15.7. The van der Waals surface area contributed by atoms with Crippen LogP contribution in [0.1, 0.15) is 12.5 Å². The molecule has 2 fully saturated rings. The summed E-state index contributed by atoms with van der Waals surface area (Å²) >= 11 is 0. The average Bonchev–Trinajstić information content (AvgIpc) is 3.11. The number of nitriles is 1. The number of rotatable bonds is 4. The van der Waals surface area contributed by atoms with Gasteiger partial charge in [-0.15, -0.1) is 0 Å². The predicted molar refractivity (Wildman–Crippen MR) is 104 cm³/mol. The number of ether oxygens (including phenoxy) is 1. The van der Waals surface area contributed by atoms with Crippen molar-refractivity contribution in [1.82, 2.24) is 15.6 Å². The van der Waals surface area contributed by atoms with Crippen LogP contribution in [0, 0.1) is 11.3 Å². The quantitative estimate of drug-likeness (QED) is 0.674. The monoisotopic (exact) mass is 385 g/mol. The summed E-state index contributed by atoms with van der Waals surface area (Å²) in [6, 6.07) is 9.23. The molecular weight excluding hydrogens is 361 g/mol. The fraction of sp³-hybridized carbons (Fsp3) is 0.500. The molecule has 3 heterocycles. The molecule has 1 aromatic heterocycles. The van der Waals surface area contributed by atoms with Gasteiger partial charge in [0.25, 0.3) is 0 Å². The second-order valence-corrected chi connectivity index (χ2v) is 7.43. The van der Waals surface area contributed by atoms with E-state index in [1.807, 2.05) is 25.1 Å². The van der Waals surface area contributed by atoms with Crippen molar-refractivity contribution in [2.24, 2.45) is 0 Å². The highest BCUT2D eigenvalue weighted by molar-refractivity contribution is 5.95. The number of morpholine rings is 1. The molecule has 0 saturated carbocycles. The highest BCUT2D eigenvalue weighted by Crippen LogP contribution is 2.30. The SMILES string of the molecule is C[C@@H]1CN(c2ccc(C#N)c3ncccc23)C[C@H](C(O)N[C@H]2CNC[C@H]2F)O1. The maximum atomic E-state index is 13.9. The van der Waals surface area contributed by atoms with Gasteiger partial charge in [0.1, 0.15) is 24.6 Å². The second kappa shape index (κ2) is 7.97. The van der Waals surface area contributed by atoms with Gasteiger partial charge in [-0.05, 0) is 31.2 Å². The number of nitrogens with one attached hydrogen (secondary N) is 2. The molecule has 5 atom stereocenters. The summed E-state index contributed by atoms with van der Waals surface area (Å²) in [5, 5.41) is 26.8. The standard InChI is InChI=1S/C20H24FN5O2/c1-12-10-26(11-18(28-12)20(27)25-16-9-23-8-15(16)21)17-5-4-13(7-22)19-14(17)3-2-6-24-19/h2-6,12,15-16,18,20,23,25,27H,8-11H2,1H3/t12-,15-,16+,18-,20?/m1/s1. The lowest BCUT2D eigenvalue weighted by Crippen LogP contribution is -2.57. The number of alkyl halides is 1. The van der Waals surface area contributed by atoms with Crippen LogP contribution in [-0.4, -0.2) is 66.9 Å². The summed E-state index contributed by atoms with van der Waals surface area (Å²) in [6.45, 7) is 3.82. The van der Waals surface area contributed by atoms with Gasteiger partial charge in [-0.2, -0.15) is 5.26 Å². The van der Waals surface area contributed by atoms with Crippen molar-refractivity contribution in [1.29, 1.82) is 5.26 Å². The van der Waals surface area contributed by atoms with E-state index in [1.54, 1.807) is 12.3 Å². The van der Waals surface area contributed by atoms with Crippen molar-refractivity contribution in [2.45, 2.75) is 37.6 Å². The molecule has 4 rings (SSSR count). The molecule has 0 amide bonds. The Bertz CT molecular complexity index is 889. The van der Waals surface area contributed by atoms with Crippen molar-refractivity contribution in [3.05, 3.63) is 36.0 Å². The Balaban J connectivity index is 1.57. The normalized spacial score (nSPS) is 29.0. The Morgan fingerprint density at radius 3 is 3.00 bits per heavy atom. The van der Waals surface area contributed by atoms with Gasteiger partial charge in [0.05, 0.1) is 23.2 Å². The topological polar surface area (TPSA) is 93.4 Å². The Morgan fingerprint density at radius 1 is 1.39 bits per heavy atom. The van der Waals surface area contributed by atoms with Crippen LogP contribution in [0.5, 0.6) is 0 Å². The summed E-state index contributed by atoms with van der Waals surface area (Å²) in [6.07, 6.45) is -0.940. The number of aromatic nitrogens is 1. The van der Waals surface area contributed by atoms with E-state index in [-0.39, 0.29) is 6.10 Å². The van der Waals surface area contributed by atoms with E-state index in [2.05, 4.69) is 26.6 Å². The first-order chi connectivity index (χ1) is 13.6. The van der Waals surface area contributed by atoms with Crippen molar-refractivity contribution < 1.29 is 14.2 Å². The van der Waals surface area contributed by atoms with Crippen LogP contribution in [0.4, 0.5) is 10.1 Å². The smallest absolute Gasteiger partial charge is 0.133 e. The number of hydrogen-bond acceptors (Lipinski definition) is 7. The molecule has 28 heavy (non-hydrogen) atoms. The van der Waals surface area contributed by atoms with Gasteiger partial charge in [-0.1, -0.05) is 0 Å². The van der Waals surface area contributed by atoms with E-state index in [1.165, 1.54) is 0 Å². The summed E-state index contributed by atoms with van der Waals surface area (Å²) in [5.74, 6) is 0. The summed E-state index contributed by atoms with van der Waals surface area (Å²) < 4.78 is 19.8. The lowest BCUT2D eigenvalue weighted by Gasteiger charge is -2.41. The van der Waals surface area contributed by atoms with E-state index in [4.69, 9.17) is 4.74 Å². The Hall–Kier alpha value is -2.31. The Morgan fingerprint density at radius 2 is 2.25 bits per heavy atom. The molecule has 148 valence electrons. The predicted octanol–water partition coefficient (Wildman–Crippen LogP) is 0.918. The maximum absolute atomic E-state index is 13.9. The number of benzene rings is 1. The highest BCUT2D eigenvalue weighted by Gasteiger charge is 2.35. The van der Waals surface area contributed by atoms with Gasteiger partial charge in [0.15, 0.2) is 0 Å². The van der Waals surface area contributed by atoms with E-state index in [0.29, 0.717) is 37.3 Å². The van der Waals surface area contributed by atoms with Crippen LogP contribution in [0.15, 0.2) is 30.5 Å². The van der Waals surface area contributed by atoms with E-state index in [9.17, 15) is 14.8 Å². The van der Waals surface area contributed by atoms with Gasteiger partial charge in [0.2, 0.25) is 0 Å². The van der Waals surface area contributed by atoms with Crippen molar-refractivity contribution in [2.75, 3.05) is 31.1 Å². The van der Waals surface area contributed by atoms with Gasteiger partial charge in [-0.3, -0.25) is 10.3 Å². The number of fused-ring (bicyclic) bond motifs is 1. The van der Waals surface area contributed by atoms with Crippen LogP contribution < -0.4 is 15.5 Å². The first-order valence-corrected chi connectivity index (χ1v) is 9.54. The molecule has 0 spiro atoms. The number of nitrogens with zero attached hydrogens (tertiary/aromatic N) is 3. The minimum Gasteiger partial charge on any atom is -0.376 e. The molecule has 0 radical (unpaired) electrons. The van der Waals surface area contributed by atoms with Crippen LogP contribution in [0.2, 0.25) is 0 Å². The van der Waals surface area contributed by atoms with Crippen molar-refractivity contribution >= 4 is 16.6 Å². The minimum atomic E-state index is -1.03. The number of aliphatic hydroxyl groups is 1. The largest absolute Gasteiger partial charge is 0.376 e. The number of aliphatic hydroxyl groups excluding tert-OH is 1. The summed E-state index contributed by atoms with van der Waals surface area (Å²) in [7, 11) is 0. The summed E-state index contributed by atoms with van der Waals surface area (Å²) in [5.41, 5.74) is 2.14. The molecule has 2 aliphatic rings. The summed E-state index contributed by atoms with van der Waals surface area (Å²) in [4.78, 5) is 6.50. The molecule has 0 bridgehead atoms. The molecule has 2 aromatic rings. The molecule has 2 aliphatic heterocycles. The van der Waals surface area contributed by atoms with Crippen LogP contribution >= 0.6 is 0 Å². The van der Waals surface area contributed by atoms with Gasteiger partial charge < -0.3 is 20.1 Å². The number of anilines is 1. The molecule has 7 nitrogen and oxygen atoms in total. The number of hydrogen-bond donors (Lipinski definition) is 3. The molecule has 8 heteroatoms. The highest BCUT2D eigenvalue weighted by atomic mass is 19.1. The van der Waals surface area contributed by atoms with Crippen LogP contribution in [0.3, 0.4) is 0 Å². The molecule has 2 saturated heterocycles. The third-order valence-electron chi connectivity index (χ3n) is 5.37. The van der Waals surface area contributed by atoms with Crippen LogP contribution in [-0.2, 0) is 4.74 Å². The van der Waals surface area contributed by atoms with Crippen molar-refractivity contribution in [3.63, 3.8) is 0 Å². The van der Waals surface area contributed by atoms with Crippen LogP contribution in [0.25, 0.3) is 10.9 Å². The second-order valence-electron chi connectivity index (χ2n) is 7.43. The fourth-order valence-corrected chi connectivity index (χ4v) is 4.02. The third kappa shape index (κ3) is 3.66. The first kappa shape index (κ1) is 19.0. The van der Waals surface area contributed by atoms with E-state index < -0.39 is 24.5 Å².